The average molecular weight is 345 g/mol. The van der Waals surface area contributed by atoms with E-state index in [0.29, 0.717) is 10.8 Å². The van der Waals surface area contributed by atoms with Crippen LogP contribution in [0.1, 0.15) is 51.3 Å². The third-order valence-electron chi connectivity index (χ3n) is 6.30. The van der Waals surface area contributed by atoms with Gasteiger partial charge in [-0.05, 0) is 74.0 Å². The maximum absolute atomic E-state index is 5.00. The molecule has 1 N–H and O–H groups in total. The summed E-state index contributed by atoms with van der Waals surface area (Å²) in [5.74, 6) is 3.16. The van der Waals surface area contributed by atoms with Crippen molar-refractivity contribution in [3.8, 4) is 0 Å². The fraction of sp³-hybridized carbons (Fsp3) is 0.611. The summed E-state index contributed by atoms with van der Waals surface area (Å²) in [5.41, 5.74) is 3.21. The Morgan fingerprint density at radius 2 is 1.95 bits per heavy atom. The molecule has 2 atom stereocenters. The van der Waals surface area contributed by atoms with E-state index in [1.165, 1.54) is 49.9 Å². The number of hydrogen-bond acceptors (Lipinski definition) is 1. The third-order valence-corrected chi connectivity index (χ3v) is 6.79. The normalized spacial score (nSPS) is 41.0. The highest BCUT2D eigenvalue weighted by molar-refractivity contribution is 9.10. The van der Waals surface area contributed by atoms with Crippen molar-refractivity contribution in [3.63, 3.8) is 0 Å². The van der Waals surface area contributed by atoms with Gasteiger partial charge >= 0.3 is 0 Å². The van der Waals surface area contributed by atoms with Crippen molar-refractivity contribution in [3.05, 3.63) is 28.5 Å². The highest BCUT2D eigenvalue weighted by Gasteiger charge is 2.57. The van der Waals surface area contributed by atoms with E-state index in [1.54, 1.807) is 0 Å². The Bertz CT molecular complexity index is 718. The van der Waals surface area contributed by atoms with Gasteiger partial charge in [0.2, 0.25) is 0 Å². The van der Waals surface area contributed by atoms with Crippen LogP contribution in [-0.2, 0) is 5.41 Å². The summed E-state index contributed by atoms with van der Waals surface area (Å²) in [6.45, 7) is 2.53. The lowest BCUT2D eigenvalue weighted by Gasteiger charge is -2.60. The molecule has 110 valence electrons. The molecule has 1 aromatic carbocycles. The fourth-order valence-electron chi connectivity index (χ4n) is 6.23. The summed E-state index contributed by atoms with van der Waals surface area (Å²) in [5, 5.41) is 0. The highest BCUT2D eigenvalue weighted by atomic mass is 79.9. The van der Waals surface area contributed by atoms with Gasteiger partial charge in [-0.25, -0.2) is 4.98 Å². The third kappa shape index (κ3) is 1.79. The molecule has 4 saturated carbocycles. The molecule has 0 spiro atoms. The maximum atomic E-state index is 5.00. The molecule has 3 heteroatoms. The van der Waals surface area contributed by atoms with Crippen LogP contribution in [0.15, 0.2) is 22.7 Å². The van der Waals surface area contributed by atoms with Crippen molar-refractivity contribution in [1.82, 2.24) is 9.97 Å². The van der Waals surface area contributed by atoms with Crippen molar-refractivity contribution in [1.29, 1.82) is 0 Å². The van der Waals surface area contributed by atoms with Gasteiger partial charge in [-0.3, -0.25) is 0 Å². The molecule has 4 aliphatic rings. The summed E-state index contributed by atoms with van der Waals surface area (Å²) < 4.78 is 1.13. The Kier molecular flexibility index (Phi) is 2.37. The smallest absolute Gasteiger partial charge is 0.113 e. The molecule has 0 aliphatic heterocycles. The Morgan fingerprint density at radius 3 is 2.67 bits per heavy atom. The second-order valence-corrected chi connectivity index (χ2v) is 9.21. The summed E-state index contributed by atoms with van der Waals surface area (Å²) in [6, 6.07) is 6.38. The SMILES string of the molecule is CC12CC3CC(C1)CC(c1nc4ccc(Br)cc4[nH]1)(C3)C2. The van der Waals surface area contributed by atoms with Crippen LogP contribution >= 0.6 is 15.9 Å². The van der Waals surface area contributed by atoms with Crippen molar-refractivity contribution in [2.24, 2.45) is 17.3 Å². The van der Waals surface area contributed by atoms with E-state index >= 15 is 0 Å². The van der Waals surface area contributed by atoms with E-state index in [4.69, 9.17) is 4.98 Å². The zero-order valence-corrected chi connectivity index (χ0v) is 14.0. The molecule has 2 aromatic rings. The first-order valence-corrected chi connectivity index (χ1v) is 8.99. The number of rotatable bonds is 1. The van der Waals surface area contributed by atoms with E-state index in [2.05, 4.69) is 46.0 Å². The topological polar surface area (TPSA) is 28.7 Å². The number of nitrogens with zero attached hydrogens (tertiary/aromatic N) is 1. The van der Waals surface area contributed by atoms with Gasteiger partial charge in [0.15, 0.2) is 0 Å². The predicted molar refractivity (Wildman–Crippen MR) is 88.3 cm³/mol. The van der Waals surface area contributed by atoms with Crippen LogP contribution in [-0.4, -0.2) is 9.97 Å². The first-order chi connectivity index (χ1) is 10.0. The molecular weight excluding hydrogens is 324 g/mol. The molecule has 4 fully saturated rings. The number of aromatic amines is 1. The summed E-state index contributed by atoms with van der Waals surface area (Å²) in [4.78, 5) is 8.67. The molecule has 6 rings (SSSR count). The summed E-state index contributed by atoms with van der Waals surface area (Å²) >= 11 is 3.57. The largest absolute Gasteiger partial charge is 0.341 e. The minimum atomic E-state index is 0.338. The van der Waals surface area contributed by atoms with Crippen molar-refractivity contribution in [2.45, 2.75) is 50.9 Å². The van der Waals surface area contributed by atoms with Gasteiger partial charge in [-0.2, -0.15) is 0 Å². The molecule has 0 saturated heterocycles. The number of aromatic nitrogens is 2. The predicted octanol–water partition coefficient (Wildman–Crippen LogP) is 5.18. The van der Waals surface area contributed by atoms with Gasteiger partial charge in [0.05, 0.1) is 11.0 Å². The van der Waals surface area contributed by atoms with Crippen LogP contribution < -0.4 is 0 Å². The van der Waals surface area contributed by atoms with E-state index in [-0.39, 0.29) is 0 Å². The molecule has 2 nitrogen and oxygen atoms in total. The Balaban J connectivity index is 1.64. The van der Waals surface area contributed by atoms with Crippen LogP contribution in [0.25, 0.3) is 11.0 Å². The zero-order chi connectivity index (χ0) is 14.2. The fourth-order valence-corrected chi connectivity index (χ4v) is 6.59. The first kappa shape index (κ1) is 12.7. The molecule has 0 amide bonds. The molecular formula is C18H21BrN2. The number of hydrogen-bond donors (Lipinski definition) is 1. The van der Waals surface area contributed by atoms with Gasteiger partial charge in [0.25, 0.3) is 0 Å². The average Bonchev–Trinajstić information content (AvgIpc) is 2.79. The Hall–Kier alpha value is -0.830. The van der Waals surface area contributed by atoms with Gasteiger partial charge in [0.1, 0.15) is 5.82 Å². The van der Waals surface area contributed by atoms with Crippen molar-refractivity contribution in [2.75, 3.05) is 0 Å². The monoisotopic (exact) mass is 344 g/mol. The Labute approximate surface area is 133 Å². The lowest BCUT2D eigenvalue weighted by atomic mass is 9.44. The lowest BCUT2D eigenvalue weighted by molar-refractivity contribution is -0.0644. The molecule has 4 aliphatic carbocycles. The van der Waals surface area contributed by atoms with Crippen LogP contribution in [0.4, 0.5) is 0 Å². The summed E-state index contributed by atoms with van der Waals surface area (Å²) in [7, 11) is 0. The van der Waals surface area contributed by atoms with Crippen molar-refractivity contribution >= 4 is 27.0 Å². The van der Waals surface area contributed by atoms with Crippen LogP contribution in [0, 0.1) is 17.3 Å². The van der Waals surface area contributed by atoms with Crippen LogP contribution in [0.2, 0.25) is 0 Å². The minimum Gasteiger partial charge on any atom is -0.341 e. The molecule has 0 radical (unpaired) electrons. The molecule has 2 unspecified atom stereocenters. The number of imidazole rings is 1. The summed E-state index contributed by atoms with van der Waals surface area (Å²) in [6.07, 6.45) is 8.45. The van der Waals surface area contributed by atoms with Crippen LogP contribution in [0.5, 0.6) is 0 Å². The van der Waals surface area contributed by atoms with E-state index < -0.39 is 0 Å². The van der Waals surface area contributed by atoms with Crippen molar-refractivity contribution < 1.29 is 0 Å². The molecule has 4 bridgehead atoms. The highest BCUT2D eigenvalue weighted by Crippen LogP contribution is 2.65. The van der Waals surface area contributed by atoms with Gasteiger partial charge in [-0.1, -0.05) is 22.9 Å². The number of nitrogens with one attached hydrogen (secondary N) is 1. The minimum absolute atomic E-state index is 0.338. The van der Waals surface area contributed by atoms with E-state index in [0.717, 1.165) is 21.8 Å². The Morgan fingerprint density at radius 1 is 1.19 bits per heavy atom. The number of benzene rings is 1. The van der Waals surface area contributed by atoms with Gasteiger partial charge in [0, 0.05) is 9.89 Å². The molecule has 1 aromatic heterocycles. The molecule has 21 heavy (non-hydrogen) atoms. The number of H-pyrrole nitrogens is 1. The molecule has 1 heterocycles. The van der Waals surface area contributed by atoms with Gasteiger partial charge < -0.3 is 4.98 Å². The van der Waals surface area contributed by atoms with Gasteiger partial charge in [-0.15, -0.1) is 0 Å². The lowest BCUT2D eigenvalue weighted by Crippen LogP contribution is -2.53. The van der Waals surface area contributed by atoms with E-state index in [9.17, 15) is 0 Å². The van der Waals surface area contributed by atoms with E-state index in [1.807, 2.05) is 0 Å². The zero-order valence-electron chi connectivity index (χ0n) is 12.5. The first-order valence-electron chi connectivity index (χ1n) is 8.20. The van der Waals surface area contributed by atoms with Crippen LogP contribution in [0.3, 0.4) is 0 Å². The maximum Gasteiger partial charge on any atom is 0.113 e. The second-order valence-electron chi connectivity index (χ2n) is 8.30. The quantitative estimate of drug-likeness (QED) is 0.758. The number of halogens is 1. The second kappa shape index (κ2) is 3.92. The standard InChI is InChI=1S/C18H21BrN2/c1-17-6-11-4-12(7-17)9-18(8-11,10-17)16-20-14-3-2-13(19)5-15(14)21-16/h2-3,5,11-12H,4,6-10H2,1H3,(H,20,21). The number of fused-ring (bicyclic) bond motifs is 1.